The smallest absolute Gasteiger partial charge is 0.166 e. The molecule has 1 aromatic rings. The zero-order valence-corrected chi connectivity index (χ0v) is 9.96. The van der Waals surface area contributed by atoms with Crippen LogP contribution in [0.5, 0.6) is 0 Å². The number of rotatable bonds is 0. The Morgan fingerprint density at radius 2 is 1.58 bits per heavy atom. The Kier molecular flexibility index (Phi) is 4.28. The molecule has 0 aliphatic heterocycles. The Labute approximate surface area is 86.3 Å². The molecular formula is C7H5F3SZn. The molecule has 62 valence electrons. The molecule has 0 aliphatic rings. The van der Waals surface area contributed by atoms with Crippen LogP contribution in [-0.2, 0) is 25.7 Å². The van der Waals surface area contributed by atoms with E-state index in [0.29, 0.717) is 0 Å². The monoisotopic (exact) mass is 242 g/mol. The average molecular weight is 244 g/mol. The van der Waals surface area contributed by atoms with Gasteiger partial charge in [-0.1, -0.05) is 12.1 Å². The Hall–Kier alpha value is -0.0166. The van der Waals surface area contributed by atoms with Crippen molar-refractivity contribution in [2.24, 2.45) is 0 Å². The standard InChI is InChI=1S/C7H5F3S.Zn/c8-7(9,10)5-3-1-2-4-6(5)11;/h1-4,11H;. The second kappa shape index (κ2) is 4.29. The Morgan fingerprint density at radius 3 is 1.92 bits per heavy atom. The van der Waals surface area contributed by atoms with Crippen molar-refractivity contribution in [2.75, 3.05) is 0 Å². The van der Waals surface area contributed by atoms with Gasteiger partial charge in [-0.05, 0) is 12.1 Å². The summed E-state index contributed by atoms with van der Waals surface area (Å²) in [5.41, 5.74) is -0.691. The number of alkyl halides is 3. The molecule has 0 nitrogen and oxygen atoms in total. The van der Waals surface area contributed by atoms with E-state index in [1.54, 1.807) is 0 Å². The molecule has 0 spiro atoms. The summed E-state index contributed by atoms with van der Waals surface area (Å²) in [6.45, 7) is 0. The van der Waals surface area contributed by atoms with Crippen LogP contribution in [0.1, 0.15) is 5.56 Å². The van der Waals surface area contributed by atoms with Crippen molar-refractivity contribution < 1.29 is 32.6 Å². The van der Waals surface area contributed by atoms with Crippen LogP contribution >= 0.6 is 12.6 Å². The van der Waals surface area contributed by atoms with Crippen molar-refractivity contribution in [3.63, 3.8) is 0 Å². The molecule has 0 aliphatic carbocycles. The Bertz CT molecular complexity index is 259. The van der Waals surface area contributed by atoms with Crippen LogP contribution in [-0.4, -0.2) is 0 Å². The predicted octanol–water partition coefficient (Wildman–Crippen LogP) is 2.99. The topological polar surface area (TPSA) is 0 Å². The zero-order valence-electron chi connectivity index (χ0n) is 6.10. The molecular weight excluding hydrogens is 239 g/mol. The van der Waals surface area contributed by atoms with Crippen LogP contribution in [0.25, 0.3) is 0 Å². The molecule has 1 aromatic carbocycles. The summed E-state index contributed by atoms with van der Waals surface area (Å²) < 4.78 is 36.0. The van der Waals surface area contributed by atoms with Crippen LogP contribution in [0.15, 0.2) is 29.2 Å². The first-order valence-corrected chi connectivity index (χ1v) is 3.32. The van der Waals surface area contributed by atoms with E-state index < -0.39 is 11.7 Å². The maximum Gasteiger partial charge on any atom is 0.417 e. The second-order valence-corrected chi connectivity index (χ2v) is 2.50. The van der Waals surface area contributed by atoms with Gasteiger partial charge in [0.2, 0.25) is 0 Å². The SMILES string of the molecule is FC(F)(F)c1ccccc1S.[Zn]. The van der Waals surface area contributed by atoms with Gasteiger partial charge in [-0.25, -0.2) is 0 Å². The van der Waals surface area contributed by atoms with Gasteiger partial charge >= 0.3 is 6.18 Å². The van der Waals surface area contributed by atoms with Crippen LogP contribution in [0.4, 0.5) is 13.2 Å². The predicted molar refractivity (Wildman–Crippen MR) is 38.7 cm³/mol. The van der Waals surface area contributed by atoms with Gasteiger partial charge in [0.25, 0.3) is 0 Å². The van der Waals surface area contributed by atoms with E-state index in [9.17, 15) is 13.2 Å². The first-order valence-electron chi connectivity index (χ1n) is 2.87. The van der Waals surface area contributed by atoms with Crippen molar-refractivity contribution in [1.29, 1.82) is 0 Å². The van der Waals surface area contributed by atoms with E-state index in [4.69, 9.17) is 0 Å². The Balaban J connectivity index is 0.00000121. The van der Waals surface area contributed by atoms with E-state index in [0.717, 1.165) is 6.07 Å². The summed E-state index contributed by atoms with van der Waals surface area (Å²) in [6, 6.07) is 5.16. The minimum atomic E-state index is -4.29. The molecule has 0 atom stereocenters. The second-order valence-electron chi connectivity index (χ2n) is 2.01. The minimum absolute atomic E-state index is 0. The number of thiol groups is 1. The molecule has 0 saturated carbocycles. The zero-order chi connectivity index (χ0) is 8.48. The number of halogens is 3. The molecule has 0 bridgehead atoms. The van der Waals surface area contributed by atoms with Crippen molar-refractivity contribution in [2.45, 2.75) is 11.1 Å². The molecule has 0 aromatic heterocycles. The molecule has 5 heteroatoms. The summed E-state index contributed by atoms with van der Waals surface area (Å²) in [6.07, 6.45) is -4.29. The molecule has 0 heterocycles. The third-order valence-corrected chi connectivity index (χ3v) is 1.60. The summed E-state index contributed by atoms with van der Waals surface area (Å²) in [7, 11) is 0. The number of benzene rings is 1. The van der Waals surface area contributed by atoms with Crippen LogP contribution in [0, 0.1) is 0 Å². The fraction of sp³-hybridized carbons (Fsp3) is 0.143. The van der Waals surface area contributed by atoms with E-state index in [-0.39, 0.29) is 24.4 Å². The summed E-state index contributed by atoms with van der Waals surface area (Å²) in [5.74, 6) is 0. The van der Waals surface area contributed by atoms with Gasteiger partial charge in [0.1, 0.15) is 0 Å². The molecule has 0 radical (unpaired) electrons. The molecule has 0 unspecified atom stereocenters. The first-order chi connectivity index (χ1) is 5.02. The van der Waals surface area contributed by atoms with Crippen LogP contribution < -0.4 is 0 Å². The third-order valence-electron chi connectivity index (χ3n) is 1.21. The van der Waals surface area contributed by atoms with Gasteiger partial charge in [-0.3, -0.25) is 0 Å². The van der Waals surface area contributed by atoms with Crippen molar-refractivity contribution in [3.05, 3.63) is 29.8 Å². The molecule has 1 rings (SSSR count). The summed E-state index contributed by atoms with van der Waals surface area (Å²) >= 11 is 3.67. The van der Waals surface area contributed by atoms with Crippen molar-refractivity contribution in [3.8, 4) is 0 Å². The minimum Gasteiger partial charge on any atom is -0.166 e. The first kappa shape index (κ1) is 12.0. The fourth-order valence-corrected chi connectivity index (χ4v) is 1.00. The van der Waals surface area contributed by atoms with Gasteiger partial charge < -0.3 is 0 Å². The van der Waals surface area contributed by atoms with Crippen molar-refractivity contribution in [1.82, 2.24) is 0 Å². The number of hydrogen-bond donors (Lipinski definition) is 1. The van der Waals surface area contributed by atoms with Crippen molar-refractivity contribution >= 4 is 12.6 Å². The van der Waals surface area contributed by atoms with Crippen LogP contribution in [0.3, 0.4) is 0 Å². The molecule has 0 fully saturated rings. The quantitative estimate of drug-likeness (QED) is 0.526. The van der Waals surface area contributed by atoms with Crippen LogP contribution in [0.2, 0.25) is 0 Å². The van der Waals surface area contributed by atoms with Gasteiger partial charge in [-0.15, -0.1) is 12.6 Å². The summed E-state index contributed by atoms with van der Waals surface area (Å²) in [4.78, 5) is -0.0417. The maximum absolute atomic E-state index is 12.0. The van der Waals surface area contributed by atoms with E-state index in [1.165, 1.54) is 18.2 Å². The summed E-state index contributed by atoms with van der Waals surface area (Å²) in [5, 5.41) is 0. The fourth-order valence-electron chi connectivity index (χ4n) is 0.713. The molecule has 12 heavy (non-hydrogen) atoms. The maximum atomic E-state index is 12.0. The normalized spacial score (nSPS) is 10.7. The largest absolute Gasteiger partial charge is 0.417 e. The average Bonchev–Trinajstić information content (AvgIpc) is 1.86. The molecule has 0 saturated heterocycles. The van der Waals surface area contributed by atoms with Gasteiger partial charge in [0, 0.05) is 24.4 Å². The van der Waals surface area contributed by atoms with Gasteiger partial charge in [-0.2, -0.15) is 13.2 Å². The third kappa shape index (κ3) is 2.79. The van der Waals surface area contributed by atoms with Gasteiger partial charge in [0.15, 0.2) is 0 Å². The molecule has 0 N–H and O–H groups in total. The molecule has 0 amide bonds. The van der Waals surface area contributed by atoms with E-state index in [2.05, 4.69) is 12.6 Å². The Morgan fingerprint density at radius 1 is 1.08 bits per heavy atom. The van der Waals surface area contributed by atoms with E-state index >= 15 is 0 Å². The van der Waals surface area contributed by atoms with E-state index in [1.807, 2.05) is 0 Å². The number of hydrogen-bond acceptors (Lipinski definition) is 1. The van der Waals surface area contributed by atoms with Gasteiger partial charge in [0.05, 0.1) is 5.56 Å².